The van der Waals surface area contributed by atoms with Gasteiger partial charge in [0.25, 0.3) is 0 Å². The molecule has 0 bridgehead atoms. The zero-order valence-electron chi connectivity index (χ0n) is 16.3. The second kappa shape index (κ2) is 9.70. The van der Waals surface area contributed by atoms with Crippen LogP contribution in [0.4, 0.5) is 0 Å². The third kappa shape index (κ3) is 5.67. The number of nitrogens with zero attached hydrogens (tertiary/aromatic N) is 2. The van der Waals surface area contributed by atoms with E-state index < -0.39 is 0 Å². The van der Waals surface area contributed by atoms with Gasteiger partial charge in [-0.1, -0.05) is 55.3 Å². The average molecular weight is 370 g/mol. The molecule has 1 unspecified atom stereocenters. The minimum Gasteiger partial charge on any atom is -0.344 e. The SMILES string of the molecule is CC(=O)NC(C(=O)N1CCN(C/C=C/c2ccccc2)CC1)C1CCCC1. The van der Waals surface area contributed by atoms with Gasteiger partial charge in [0.1, 0.15) is 6.04 Å². The summed E-state index contributed by atoms with van der Waals surface area (Å²) in [5, 5.41) is 2.93. The van der Waals surface area contributed by atoms with Crippen LogP contribution in [0.15, 0.2) is 36.4 Å². The second-order valence-electron chi connectivity index (χ2n) is 7.66. The molecule has 1 aliphatic carbocycles. The van der Waals surface area contributed by atoms with Crippen molar-refractivity contribution in [2.45, 2.75) is 38.6 Å². The maximum atomic E-state index is 13.0. The highest BCUT2D eigenvalue weighted by Crippen LogP contribution is 2.28. The number of piperazine rings is 1. The van der Waals surface area contributed by atoms with E-state index in [4.69, 9.17) is 0 Å². The van der Waals surface area contributed by atoms with Crippen molar-refractivity contribution < 1.29 is 9.59 Å². The van der Waals surface area contributed by atoms with Crippen LogP contribution in [0.2, 0.25) is 0 Å². The molecule has 1 N–H and O–H groups in total. The molecule has 1 heterocycles. The first kappa shape index (κ1) is 19.6. The van der Waals surface area contributed by atoms with Crippen LogP contribution in [0.5, 0.6) is 0 Å². The molecule has 0 spiro atoms. The van der Waals surface area contributed by atoms with Crippen LogP contribution in [0.1, 0.15) is 38.2 Å². The maximum Gasteiger partial charge on any atom is 0.245 e. The summed E-state index contributed by atoms with van der Waals surface area (Å²) >= 11 is 0. The first-order chi connectivity index (χ1) is 13.1. The van der Waals surface area contributed by atoms with E-state index in [1.54, 1.807) is 0 Å². The van der Waals surface area contributed by atoms with E-state index in [0.29, 0.717) is 5.92 Å². The number of carbonyl (C=O) groups is 2. The molecule has 0 radical (unpaired) electrons. The van der Waals surface area contributed by atoms with Crippen molar-refractivity contribution in [1.29, 1.82) is 0 Å². The zero-order chi connectivity index (χ0) is 19.1. The molecule has 1 saturated heterocycles. The summed E-state index contributed by atoms with van der Waals surface area (Å²) in [4.78, 5) is 28.9. The Morgan fingerprint density at radius 3 is 2.41 bits per heavy atom. The first-order valence-corrected chi connectivity index (χ1v) is 10.1. The van der Waals surface area contributed by atoms with E-state index in [-0.39, 0.29) is 17.9 Å². The highest BCUT2D eigenvalue weighted by atomic mass is 16.2. The molecule has 2 fully saturated rings. The van der Waals surface area contributed by atoms with Gasteiger partial charge in [-0.2, -0.15) is 0 Å². The molecule has 1 aromatic rings. The van der Waals surface area contributed by atoms with Gasteiger partial charge in [-0.25, -0.2) is 0 Å². The van der Waals surface area contributed by atoms with E-state index in [2.05, 4.69) is 34.5 Å². The van der Waals surface area contributed by atoms with Crippen molar-refractivity contribution in [2.75, 3.05) is 32.7 Å². The Morgan fingerprint density at radius 1 is 1.11 bits per heavy atom. The van der Waals surface area contributed by atoms with Gasteiger partial charge in [0.2, 0.25) is 11.8 Å². The molecule has 5 heteroatoms. The van der Waals surface area contributed by atoms with Gasteiger partial charge < -0.3 is 10.2 Å². The molecule has 27 heavy (non-hydrogen) atoms. The third-order valence-electron chi connectivity index (χ3n) is 5.65. The summed E-state index contributed by atoms with van der Waals surface area (Å²) in [5.74, 6) is 0.301. The van der Waals surface area contributed by atoms with Crippen LogP contribution in [0, 0.1) is 5.92 Å². The fourth-order valence-electron chi connectivity index (χ4n) is 4.14. The minimum atomic E-state index is -0.338. The standard InChI is InChI=1S/C22H31N3O2/c1-18(26)23-21(20-11-5-6-12-20)22(27)25-16-14-24(15-17-25)13-7-10-19-8-3-2-4-9-19/h2-4,7-10,20-21H,5-6,11-17H2,1H3,(H,23,26)/b10-7+. The molecule has 1 saturated carbocycles. The Morgan fingerprint density at radius 2 is 1.78 bits per heavy atom. The zero-order valence-corrected chi connectivity index (χ0v) is 16.3. The lowest BCUT2D eigenvalue weighted by atomic mass is 9.96. The number of amides is 2. The number of rotatable bonds is 6. The Bertz CT molecular complexity index is 645. The van der Waals surface area contributed by atoms with Crippen molar-refractivity contribution >= 4 is 17.9 Å². The van der Waals surface area contributed by atoms with E-state index in [1.807, 2.05) is 23.1 Å². The van der Waals surface area contributed by atoms with Crippen LogP contribution in [-0.2, 0) is 9.59 Å². The van der Waals surface area contributed by atoms with Crippen LogP contribution < -0.4 is 5.32 Å². The molecule has 2 amide bonds. The number of carbonyl (C=O) groups excluding carboxylic acids is 2. The lowest BCUT2D eigenvalue weighted by molar-refractivity contribution is -0.139. The highest BCUT2D eigenvalue weighted by Gasteiger charge is 2.35. The van der Waals surface area contributed by atoms with Crippen LogP contribution >= 0.6 is 0 Å². The molecular weight excluding hydrogens is 338 g/mol. The molecule has 0 aromatic heterocycles. The van der Waals surface area contributed by atoms with Crippen molar-refractivity contribution in [2.24, 2.45) is 5.92 Å². The van der Waals surface area contributed by atoms with E-state index in [1.165, 1.54) is 12.5 Å². The van der Waals surface area contributed by atoms with Gasteiger partial charge in [0.15, 0.2) is 0 Å². The van der Waals surface area contributed by atoms with Gasteiger partial charge in [0.05, 0.1) is 0 Å². The van der Waals surface area contributed by atoms with E-state index >= 15 is 0 Å². The second-order valence-corrected chi connectivity index (χ2v) is 7.66. The monoisotopic (exact) mass is 369 g/mol. The number of nitrogens with one attached hydrogen (secondary N) is 1. The number of hydrogen-bond donors (Lipinski definition) is 1. The molecular formula is C22H31N3O2. The fraction of sp³-hybridized carbons (Fsp3) is 0.545. The Kier molecular flexibility index (Phi) is 7.04. The largest absolute Gasteiger partial charge is 0.344 e. The third-order valence-corrected chi connectivity index (χ3v) is 5.65. The molecule has 146 valence electrons. The average Bonchev–Trinajstić information content (AvgIpc) is 3.21. The van der Waals surface area contributed by atoms with Gasteiger partial charge in [-0.3, -0.25) is 14.5 Å². The molecule has 1 atom stereocenters. The van der Waals surface area contributed by atoms with E-state index in [9.17, 15) is 9.59 Å². The highest BCUT2D eigenvalue weighted by molar-refractivity contribution is 5.87. The minimum absolute atomic E-state index is 0.107. The Hall–Kier alpha value is -2.14. The molecule has 1 aromatic carbocycles. The van der Waals surface area contributed by atoms with Gasteiger partial charge in [-0.05, 0) is 24.3 Å². The van der Waals surface area contributed by atoms with Crippen LogP contribution in [0.25, 0.3) is 6.08 Å². The summed E-state index contributed by atoms with van der Waals surface area (Å²) in [5.41, 5.74) is 1.21. The first-order valence-electron chi connectivity index (χ1n) is 10.1. The summed E-state index contributed by atoms with van der Waals surface area (Å²) in [6, 6.07) is 9.96. The molecule has 2 aliphatic rings. The topological polar surface area (TPSA) is 52.7 Å². The molecule has 5 nitrogen and oxygen atoms in total. The summed E-state index contributed by atoms with van der Waals surface area (Å²) in [7, 11) is 0. The fourth-order valence-corrected chi connectivity index (χ4v) is 4.14. The molecule has 1 aliphatic heterocycles. The van der Waals surface area contributed by atoms with Gasteiger partial charge in [-0.15, -0.1) is 0 Å². The Balaban J connectivity index is 1.49. The molecule has 3 rings (SSSR count). The number of benzene rings is 1. The van der Waals surface area contributed by atoms with Crippen molar-refractivity contribution in [3.05, 3.63) is 42.0 Å². The van der Waals surface area contributed by atoms with Crippen LogP contribution in [0.3, 0.4) is 0 Å². The van der Waals surface area contributed by atoms with E-state index in [0.717, 1.165) is 58.4 Å². The number of hydrogen-bond acceptors (Lipinski definition) is 3. The smallest absolute Gasteiger partial charge is 0.245 e. The van der Waals surface area contributed by atoms with Crippen molar-refractivity contribution in [1.82, 2.24) is 15.1 Å². The maximum absolute atomic E-state index is 13.0. The predicted molar refractivity (Wildman–Crippen MR) is 108 cm³/mol. The normalized spacial score (nSPS) is 20.1. The quantitative estimate of drug-likeness (QED) is 0.838. The Labute approximate surface area is 162 Å². The van der Waals surface area contributed by atoms with Crippen LogP contribution in [-0.4, -0.2) is 60.4 Å². The van der Waals surface area contributed by atoms with Crippen molar-refractivity contribution in [3.63, 3.8) is 0 Å². The summed E-state index contributed by atoms with van der Waals surface area (Å²) in [6.45, 7) is 5.63. The lowest BCUT2D eigenvalue weighted by Gasteiger charge is -2.37. The predicted octanol–water partition coefficient (Wildman–Crippen LogP) is 2.54. The lowest BCUT2D eigenvalue weighted by Crippen LogP contribution is -2.56. The summed E-state index contributed by atoms with van der Waals surface area (Å²) in [6.07, 6.45) is 8.74. The van der Waals surface area contributed by atoms with Gasteiger partial charge >= 0.3 is 0 Å². The van der Waals surface area contributed by atoms with Crippen molar-refractivity contribution in [3.8, 4) is 0 Å². The summed E-state index contributed by atoms with van der Waals surface area (Å²) < 4.78 is 0. The van der Waals surface area contributed by atoms with Gasteiger partial charge in [0, 0.05) is 39.6 Å².